The van der Waals surface area contributed by atoms with Crippen LogP contribution in [0.4, 0.5) is 5.95 Å². The van der Waals surface area contributed by atoms with Gasteiger partial charge in [0.2, 0.25) is 11.9 Å². The Morgan fingerprint density at radius 2 is 2.14 bits per heavy atom. The van der Waals surface area contributed by atoms with Gasteiger partial charge in [0.25, 0.3) is 0 Å². The molecule has 0 aliphatic heterocycles. The van der Waals surface area contributed by atoms with Crippen molar-refractivity contribution in [1.29, 1.82) is 0 Å². The molecule has 0 aliphatic carbocycles. The summed E-state index contributed by atoms with van der Waals surface area (Å²) in [5, 5.41) is 10.7. The Balaban J connectivity index is 1.75. The van der Waals surface area contributed by atoms with Crippen molar-refractivity contribution in [2.24, 2.45) is 7.05 Å². The van der Waals surface area contributed by atoms with Gasteiger partial charge in [0.05, 0.1) is 6.42 Å². The second-order valence-electron chi connectivity index (χ2n) is 5.71. The zero-order chi connectivity index (χ0) is 15.7. The number of aromatic amines is 1. The highest BCUT2D eigenvalue weighted by Crippen LogP contribution is 2.21. The summed E-state index contributed by atoms with van der Waals surface area (Å²) in [7, 11) is 1.98. The second kappa shape index (κ2) is 5.63. The number of H-pyrrole nitrogens is 1. The molecule has 0 saturated carbocycles. The summed E-state index contributed by atoms with van der Waals surface area (Å²) in [6.45, 7) is 4.03. The van der Waals surface area contributed by atoms with E-state index in [-0.39, 0.29) is 11.8 Å². The Morgan fingerprint density at radius 3 is 2.86 bits per heavy atom. The van der Waals surface area contributed by atoms with Crippen LogP contribution in [-0.2, 0) is 18.3 Å². The lowest BCUT2D eigenvalue weighted by molar-refractivity contribution is -0.115. The van der Waals surface area contributed by atoms with Crippen molar-refractivity contribution in [3.63, 3.8) is 0 Å². The molecule has 0 unspecified atom stereocenters. The van der Waals surface area contributed by atoms with Crippen LogP contribution in [0.2, 0.25) is 0 Å². The van der Waals surface area contributed by atoms with Gasteiger partial charge in [0.1, 0.15) is 5.82 Å². The number of benzene rings is 1. The first kappa shape index (κ1) is 14.3. The van der Waals surface area contributed by atoms with E-state index in [4.69, 9.17) is 0 Å². The van der Waals surface area contributed by atoms with Crippen molar-refractivity contribution in [3.8, 4) is 0 Å². The molecule has 1 amide bonds. The number of fused-ring (bicyclic) bond motifs is 1. The molecule has 0 saturated heterocycles. The summed E-state index contributed by atoms with van der Waals surface area (Å²) in [5.41, 5.74) is 2.11. The fraction of sp³-hybridized carbons (Fsp3) is 0.312. The van der Waals surface area contributed by atoms with E-state index in [1.807, 2.05) is 55.9 Å². The second-order valence-corrected chi connectivity index (χ2v) is 5.71. The van der Waals surface area contributed by atoms with Gasteiger partial charge in [-0.15, -0.1) is 5.10 Å². The first-order chi connectivity index (χ1) is 10.5. The molecule has 0 atom stereocenters. The Hall–Kier alpha value is -2.63. The molecule has 0 radical (unpaired) electrons. The van der Waals surface area contributed by atoms with Gasteiger partial charge in [0.15, 0.2) is 0 Å². The van der Waals surface area contributed by atoms with Crippen LogP contribution in [0.3, 0.4) is 0 Å². The number of aromatic nitrogens is 4. The number of hydrogen-bond donors (Lipinski definition) is 2. The average molecular weight is 297 g/mol. The summed E-state index contributed by atoms with van der Waals surface area (Å²) in [6, 6.07) is 8.05. The molecule has 22 heavy (non-hydrogen) atoms. The van der Waals surface area contributed by atoms with Crippen LogP contribution in [-0.4, -0.2) is 25.7 Å². The van der Waals surface area contributed by atoms with E-state index in [1.54, 1.807) is 0 Å². The smallest absolute Gasteiger partial charge is 0.248 e. The van der Waals surface area contributed by atoms with Crippen molar-refractivity contribution in [1.82, 2.24) is 19.7 Å². The lowest BCUT2D eigenvalue weighted by atomic mass is 10.1. The maximum Gasteiger partial charge on any atom is 0.248 e. The summed E-state index contributed by atoms with van der Waals surface area (Å²) in [5.74, 6) is 1.22. The molecule has 114 valence electrons. The number of anilines is 1. The van der Waals surface area contributed by atoms with Crippen LogP contribution in [0.15, 0.2) is 30.5 Å². The van der Waals surface area contributed by atoms with Crippen LogP contribution >= 0.6 is 0 Å². The third kappa shape index (κ3) is 2.72. The minimum atomic E-state index is -0.120. The third-order valence-electron chi connectivity index (χ3n) is 3.63. The van der Waals surface area contributed by atoms with E-state index in [2.05, 4.69) is 20.5 Å². The molecule has 3 rings (SSSR count). The van der Waals surface area contributed by atoms with Crippen LogP contribution in [0, 0.1) is 0 Å². The van der Waals surface area contributed by atoms with Gasteiger partial charge in [-0.2, -0.15) is 4.98 Å². The van der Waals surface area contributed by atoms with Gasteiger partial charge >= 0.3 is 0 Å². The predicted molar refractivity (Wildman–Crippen MR) is 85.7 cm³/mol. The summed E-state index contributed by atoms with van der Waals surface area (Å²) >= 11 is 0. The molecule has 2 N–H and O–H groups in total. The average Bonchev–Trinajstić information content (AvgIpc) is 3.06. The highest BCUT2D eigenvalue weighted by atomic mass is 16.1. The van der Waals surface area contributed by atoms with Gasteiger partial charge in [0, 0.05) is 30.1 Å². The van der Waals surface area contributed by atoms with Crippen molar-refractivity contribution >= 4 is 22.8 Å². The number of nitrogens with one attached hydrogen (secondary N) is 2. The van der Waals surface area contributed by atoms with Gasteiger partial charge < -0.3 is 4.57 Å². The third-order valence-corrected chi connectivity index (χ3v) is 3.63. The number of hydrogen-bond acceptors (Lipinski definition) is 3. The number of carbonyl (C=O) groups excluding carboxylic acids is 1. The van der Waals surface area contributed by atoms with E-state index >= 15 is 0 Å². The summed E-state index contributed by atoms with van der Waals surface area (Å²) < 4.78 is 2.03. The first-order valence-electron chi connectivity index (χ1n) is 7.29. The van der Waals surface area contributed by atoms with Crippen molar-refractivity contribution < 1.29 is 4.79 Å². The molecule has 2 heterocycles. The molecule has 2 aromatic heterocycles. The predicted octanol–water partition coefficient (Wildman–Crippen LogP) is 2.60. The molecule has 0 spiro atoms. The number of nitrogens with zero attached hydrogens (tertiary/aromatic N) is 3. The summed E-state index contributed by atoms with van der Waals surface area (Å²) in [4.78, 5) is 16.5. The largest absolute Gasteiger partial charge is 0.350 e. The number of para-hydroxylation sites is 1. The zero-order valence-electron chi connectivity index (χ0n) is 12.9. The highest BCUT2D eigenvalue weighted by Gasteiger charge is 2.13. The number of rotatable bonds is 4. The number of carbonyl (C=O) groups is 1. The SMILES string of the molecule is CC(C)c1nc(NC(=O)Cc2cn(C)c3ccccc23)n[nH]1. The Kier molecular flexibility index (Phi) is 3.66. The standard InChI is InChI=1S/C16H19N5O/c1-10(2)15-18-16(20-19-15)17-14(22)8-11-9-21(3)13-7-5-4-6-12(11)13/h4-7,9-10H,8H2,1-3H3,(H2,17,18,19,20,22). The van der Waals surface area contributed by atoms with E-state index in [1.165, 1.54) is 0 Å². The fourth-order valence-corrected chi connectivity index (χ4v) is 2.50. The van der Waals surface area contributed by atoms with Crippen LogP contribution in [0.25, 0.3) is 10.9 Å². The molecule has 0 bridgehead atoms. The molecule has 6 heteroatoms. The van der Waals surface area contributed by atoms with E-state index in [0.29, 0.717) is 12.4 Å². The first-order valence-corrected chi connectivity index (χ1v) is 7.29. The van der Waals surface area contributed by atoms with E-state index in [0.717, 1.165) is 22.3 Å². The van der Waals surface area contributed by atoms with Crippen molar-refractivity contribution in [2.45, 2.75) is 26.2 Å². The van der Waals surface area contributed by atoms with Crippen LogP contribution < -0.4 is 5.32 Å². The van der Waals surface area contributed by atoms with Gasteiger partial charge in [-0.05, 0) is 11.6 Å². The number of amides is 1. The van der Waals surface area contributed by atoms with Gasteiger partial charge in [-0.3, -0.25) is 15.2 Å². The molecule has 3 aromatic rings. The zero-order valence-corrected chi connectivity index (χ0v) is 12.9. The van der Waals surface area contributed by atoms with Gasteiger partial charge in [-0.1, -0.05) is 32.0 Å². The quantitative estimate of drug-likeness (QED) is 0.777. The highest BCUT2D eigenvalue weighted by molar-refractivity contribution is 5.94. The minimum absolute atomic E-state index is 0.120. The fourth-order valence-electron chi connectivity index (χ4n) is 2.50. The lowest BCUT2D eigenvalue weighted by Crippen LogP contribution is -2.15. The maximum atomic E-state index is 12.2. The lowest BCUT2D eigenvalue weighted by Gasteiger charge is -2.00. The summed E-state index contributed by atoms with van der Waals surface area (Å²) in [6.07, 6.45) is 2.29. The molecule has 1 aromatic carbocycles. The molecular weight excluding hydrogens is 278 g/mol. The maximum absolute atomic E-state index is 12.2. The Bertz CT molecular complexity index is 815. The molecule has 0 aliphatic rings. The normalized spacial score (nSPS) is 11.3. The van der Waals surface area contributed by atoms with Crippen LogP contribution in [0.5, 0.6) is 0 Å². The van der Waals surface area contributed by atoms with Crippen molar-refractivity contribution in [2.75, 3.05) is 5.32 Å². The van der Waals surface area contributed by atoms with Gasteiger partial charge in [-0.25, -0.2) is 0 Å². The topological polar surface area (TPSA) is 75.6 Å². The molecular formula is C16H19N5O. The molecule has 6 nitrogen and oxygen atoms in total. The monoisotopic (exact) mass is 297 g/mol. The van der Waals surface area contributed by atoms with E-state index in [9.17, 15) is 4.79 Å². The Morgan fingerprint density at radius 1 is 1.36 bits per heavy atom. The van der Waals surface area contributed by atoms with Crippen molar-refractivity contribution in [3.05, 3.63) is 41.9 Å². The van der Waals surface area contributed by atoms with E-state index < -0.39 is 0 Å². The number of aryl methyl sites for hydroxylation is 1. The molecule has 0 fully saturated rings. The Labute approximate surface area is 128 Å². The van der Waals surface area contributed by atoms with Crippen LogP contribution in [0.1, 0.15) is 31.2 Å². The minimum Gasteiger partial charge on any atom is -0.350 e.